The van der Waals surface area contributed by atoms with Crippen molar-refractivity contribution in [3.05, 3.63) is 466 Å². The van der Waals surface area contributed by atoms with Crippen LogP contribution in [0.4, 0.5) is 68.2 Å². The fourth-order valence-electron chi connectivity index (χ4n) is 22.4. The van der Waals surface area contributed by atoms with Gasteiger partial charge in [0.15, 0.2) is 0 Å². The molecular weight excluding hydrogens is 2000 g/mol. The van der Waals surface area contributed by atoms with Crippen LogP contribution in [-0.4, -0.2) is 58.4 Å². The molecule has 27 rings (SSSR count). The molecule has 19 aromatic carbocycles. The molecule has 0 atom stereocenters. The Morgan fingerprint density at radius 1 is 0.262 bits per heavy atom. The van der Waals surface area contributed by atoms with E-state index < -0.39 is 0 Å². The molecule has 0 saturated heterocycles. The maximum absolute atomic E-state index is 5.58. The number of rotatable bonds is 13. The molecule has 683 valence electrons. The van der Waals surface area contributed by atoms with Crippen molar-refractivity contribution in [2.75, 3.05) is 26.1 Å². The summed E-state index contributed by atoms with van der Waals surface area (Å²) in [7, 11) is 0. The first-order chi connectivity index (χ1) is 68.3. The molecule has 4 aromatic heterocycles. The van der Waals surface area contributed by atoms with Gasteiger partial charge in [0.2, 0.25) is 0 Å². The molecule has 0 bridgehead atoms. The summed E-state index contributed by atoms with van der Waals surface area (Å²) in [6.45, 7) is 12.4. The van der Waals surface area contributed by atoms with E-state index in [1.54, 1.807) is 12.1 Å². The fourth-order valence-corrected chi connectivity index (χ4v) is 22.6. The van der Waals surface area contributed by atoms with Crippen LogP contribution >= 0.6 is 70.5 Å². The minimum atomic E-state index is 0. The normalized spacial score (nSPS) is 12.1. The smallest absolute Gasteiger partial charge is 0.358 e. The predicted octanol–water partition coefficient (Wildman–Crippen LogP) is 31.6. The molecular formula is C123H96B3Br3Cl2N9V-. The van der Waals surface area contributed by atoms with E-state index in [1.807, 2.05) is 12.1 Å². The molecule has 0 spiro atoms. The van der Waals surface area contributed by atoms with Crippen molar-refractivity contribution in [2.45, 2.75) is 46.7 Å². The zero-order valence-electron chi connectivity index (χ0n) is 78.7. The number of halogens is 5. The second-order valence-electron chi connectivity index (χ2n) is 36.1. The number of nitrogens with zero attached hydrogens (tertiary/aromatic N) is 9. The van der Waals surface area contributed by atoms with Crippen LogP contribution in [0.25, 0.3) is 110 Å². The number of hydrogen-bond acceptors (Lipinski definition) is 5. The summed E-state index contributed by atoms with van der Waals surface area (Å²) in [6, 6.07) is 164. The van der Waals surface area contributed by atoms with E-state index in [2.05, 4.69) is 549 Å². The zero-order chi connectivity index (χ0) is 94.2. The monoisotopic (exact) mass is 2090 g/mol. The summed E-state index contributed by atoms with van der Waals surface area (Å²) >= 11 is 20.5. The Hall–Kier alpha value is -13.7. The maximum atomic E-state index is 5.58. The minimum Gasteiger partial charge on any atom is -0.358 e. The molecule has 9 nitrogen and oxygen atoms in total. The van der Waals surface area contributed by atoms with E-state index in [0.717, 1.165) is 74.5 Å². The Balaban J connectivity index is 0.000000137. The molecule has 4 aliphatic rings. The van der Waals surface area contributed by atoms with Crippen molar-refractivity contribution in [3.63, 3.8) is 0 Å². The molecule has 4 aliphatic heterocycles. The summed E-state index contributed by atoms with van der Waals surface area (Å²) in [5.74, 6) is 0. The number of hydrogen-bond donors (Lipinski definition) is 0. The van der Waals surface area contributed by atoms with Gasteiger partial charge in [0.05, 0.1) is 54.2 Å². The van der Waals surface area contributed by atoms with Gasteiger partial charge in [0.25, 0.3) is 13.4 Å². The van der Waals surface area contributed by atoms with Gasteiger partial charge in [-0.25, -0.2) is 0 Å². The second kappa shape index (κ2) is 39.8. The largest absolute Gasteiger partial charge is 0.369 e. The standard InChI is InChI=1S/C54H32B2N4.C54H38N4.C8H19N.C6H4Cl2.CH3.BBr3.V/c1-3-15-33(16-4-1)57-47-29-27-37-35-19-7-11-23-43(35)59-45-25-13-9-21-39(45)55(51(47)53(37)59)41-31-42-50(32-49(41)57)58(34-17-5-2-6-18-34)48-30-28-38-36-20-8-12-24-44(36)60-46-26-14-10-22-40(46)56(42)52(48)54(38)60;1-5-18-39(19-6-1)55(45-32-34-49-47-28-13-15-30-51(47)57(53(49)37-45)41-22-9-3-10-23-41)43-26-17-27-44(36-43)56(40-20-7-2-8-21-40)46-33-35-50-48-29-14-16-31-52(48)58(54(50)38-46)42-24-11-4-12-25-42;1-6-9(7(2)3)8(4)5;7-5-3-1-2-4-6(5)8;;2-1(3)4;/h1-32H;1-38H;7-8H,6H2,1-5H3;1-4H;1H3;;/q;;;;-1;;. The van der Waals surface area contributed by atoms with Crippen LogP contribution < -0.4 is 52.4 Å². The molecule has 0 aliphatic carbocycles. The maximum Gasteiger partial charge on any atom is 0.369 e. The molecule has 0 fully saturated rings. The number of anilines is 12. The average Bonchev–Trinajstić information content (AvgIpc) is 1.60. The summed E-state index contributed by atoms with van der Waals surface area (Å²) in [6.07, 6.45) is 0. The van der Waals surface area contributed by atoms with Gasteiger partial charge in [-0.05, 0) is 249 Å². The van der Waals surface area contributed by atoms with Gasteiger partial charge in [0, 0.05) is 165 Å². The van der Waals surface area contributed by atoms with E-state index in [-0.39, 0.29) is 42.6 Å². The van der Waals surface area contributed by atoms with Gasteiger partial charge >= 0.3 is 3.18 Å². The van der Waals surface area contributed by atoms with Crippen molar-refractivity contribution in [1.82, 2.24) is 23.2 Å². The van der Waals surface area contributed by atoms with Crippen molar-refractivity contribution < 1.29 is 18.6 Å². The van der Waals surface area contributed by atoms with Crippen molar-refractivity contribution in [1.29, 1.82) is 0 Å². The first-order valence-electron chi connectivity index (χ1n) is 47.5. The van der Waals surface area contributed by atoms with E-state index in [0.29, 0.717) is 22.1 Å². The van der Waals surface area contributed by atoms with Gasteiger partial charge in [0.1, 0.15) is 0 Å². The SMILES string of the molecule is BrB(Br)Br.CCN(C(C)C)C(C)C.Clc1ccccc1Cl.[CH3-].[V].c1ccc(N(c2cccc(N(c3ccccc3)c3ccc4c5ccccc5n(-c5ccccc5)c4c3)c2)c2ccc3c4ccccc4n(-c4ccccc4)c3c2)cc1.c1ccc(N2c3cc4c(cc3B3c5ccccc5-n5c6ccccc6c6ccc2c3c65)B2c3ccccc3-n3c5ccccc5c5ccc(c2c53)N4c2ccccc2)cc1. The van der Waals surface area contributed by atoms with Crippen molar-refractivity contribution in [3.8, 4) is 22.7 Å². The Morgan fingerprint density at radius 3 is 0.908 bits per heavy atom. The van der Waals surface area contributed by atoms with Gasteiger partial charge in [-0.15, -0.1) is 47.3 Å². The van der Waals surface area contributed by atoms with Gasteiger partial charge in [-0.1, -0.05) is 297 Å². The van der Waals surface area contributed by atoms with Crippen LogP contribution in [0.3, 0.4) is 0 Å². The molecule has 8 heterocycles. The third-order valence-corrected chi connectivity index (χ3v) is 28.6. The number of benzene rings is 19. The second-order valence-corrected chi connectivity index (χ2v) is 43.4. The summed E-state index contributed by atoms with van der Waals surface area (Å²) in [5, 5.41) is 11.3. The van der Waals surface area contributed by atoms with Crippen LogP contribution in [0.5, 0.6) is 0 Å². The number of para-hydroxylation sites is 12. The van der Waals surface area contributed by atoms with Gasteiger partial charge in [-0.2, -0.15) is 0 Å². The quantitative estimate of drug-likeness (QED) is 0.0849. The van der Waals surface area contributed by atoms with Gasteiger partial charge in [-0.3, -0.25) is 4.90 Å². The Morgan fingerprint density at radius 2 is 0.553 bits per heavy atom. The molecule has 1 radical (unpaired) electrons. The Labute approximate surface area is 871 Å². The minimum absolute atomic E-state index is 0. The molecule has 23 aromatic rings. The first-order valence-corrected chi connectivity index (χ1v) is 51.0. The topological polar surface area (TPSA) is 35.9 Å². The molecule has 0 unspecified atom stereocenters. The fraction of sp³-hybridized carbons (Fsp3) is 0.0650. The third kappa shape index (κ3) is 16.6. The number of aromatic nitrogens is 4. The molecule has 141 heavy (non-hydrogen) atoms. The van der Waals surface area contributed by atoms with E-state index in [4.69, 9.17) is 23.2 Å². The van der Waals surface area contributed by atoms with E-state index >= 15 is 0 Å². The van der Waals surface area contributed by atoms with Crippen LogP contribution in [0.2, 0.25) is 10.0 Å². The Kier molecular flexibility index (Phi) is 26.4. The van der Waals surface area contributed by atoms with Crippen LogP contribution in [0.1, 0.15) is 34.6 Å². The van der Waals surface area contributed by atoms with Crippen LogP contribution in [0.15, 0.2) is 449 Å². The average molecular weight is 2090 g/mol. The van der Waals surface area contributed by atoms with Gasteiger partial charge < -0.3 is 45.3 Å². The first kappa shape index (κ1) is 93.6. The van der Waals surface area contributed by atoms with Crippen LogP contribution in [-0.2, 0) is 18.6 Å². The van der Waals surface area contributed by atoms with Crippen LogP contribution in [0, 0.1) is 7.43 Å². The van der Waals surface area contributed by atoms with Crippen molar-refractivity contribution in [2.24, 2.45) is 0 Å². The van der Waals surface area contributed by atoms with Crippen molar-refractivity contribution >= 4 is 275 Å². The molecule has 0 N–H and O–H groups in total. The van der Waals surface area contributed by atoms with E-state index in [9.17, 15) is 0 Å². The summed E-state index contributed by atoms with van der Waals surface area (Å²) in [4.78, 5) is 12.3. The predicted molar refractivity (Wildman–Crippen MR) is 616 cm³/mol. The Bertz CT molecular complexity index is 8120. The molecule has 18 heteroatoms. The molecule has 0 saturated carbocycles. The summed E-state index contributed by atoms with van der Waals surface area (Å²) < 4.78 is 10.1. The summed E-state index contributed by atoms with van der Waals surface area (Å²) in [5.41, 5.74) is 36.5. The van der Waals surface area contributed by atoms with E-state index in [1.165, 1.54) is 143 Å². The number of fused-ring (bicyclic) bond motifs is 22. The third-order valence-electron chi connectivity index (χ3n) is 27.8. The molecule has 0 amide bonds. The zero-order valence-corrected chi connectivity index (χ0v) is 86.3.